The summed E-state index contributed by atoms with van der Waals surface area (Å²) < 4.78 is 31.1. The lowest BCUT2D eigenvalue weighted by molar-refractivity contribution is 0.0917. The highest BCUT2D eigenvalue weighted by Gasteiger charge is 2.27. The number of carbonyl (C=O) groups excluding carboxylic acids is 1. The molecule has 0 spiro atoms. The fourth-order valence-electron chi connectivity index (χ4n) is 3.23. The van der Waals surface area contributed by atoms with Crippen LogP contribution in [0.1, 0.15) is 23.2 Å². The number of halogens is 1. The highest BCUT2D eigenvalue weighted by Crippen LogP contribution is 2.32. The molecule has 1 aliphatic heterocycles. The van der Waals surface area contributed by atoms with E-state index >= 15 is 0 Å². The Morgan fingerprint density at radius 3 is 2.69 bits per heavy atom. The number of thiazole rings is 1. The van der Waals surface area contributed by atoms with Gasteiger partial charge in [-0.25, -0.2) is 13.4 Å². The zero-order valence-corrected chi connectivity index (χ0v) is 18.9. The SMILES string of the molecule is CS(=O)(=O)c1ccc2nc(N(CC3CCCO3)C(=O)c3ccc(Br)cc3)sc2c1. The average molecular weight is 495 g/mol. The van der Waals surface area contributed by atoms with Crippen LogP contribution < -0.4 is 4.90 Å². The van der Waals surface area contributed by atoms with Gasteiger partial charge in [0.25, 0.3) is 5.91 Å². The first kappa shape index (κ1) is 20.5. The molecule has 1 amide bonds. The van der Waals surface area contributed by atoms with Crippen molar-refractivity contribution in [2.24, 2.45) is 0 Å². The minimum atomic E-state index is -3.31. The molecule has 3 aromatic rings. The third kappa shape index (κ3) is 4.53. The van der Waals surface area contributed by atoms with Crippen LogP contribution >= 0.6 is 27.3 Å². The highest BCUT2D eigenvalue weighted by atomic mass is 79.9. The predicted octanol–water partition coefficient (Wildman–Crippen LogP) is 4.29. The second-order valence-electron chi connectivity index (χ2n) is 6.96. The Balaban J connectivity index is 1.73. The summed E-state index contributed by atoms with van der Waals surface area (Å²) in [5.74, 6) is -0.157. The van der Waals surface area contributed by atoms with Gasteiger partial charge in [-0.1, -0.05) is 27.3 Å². The molecule has 6 nitrogen and oxygen atoms in total. The van der Waals surface area contributed by atoms with Gasteiger partial charge in [0.2, 0.25) is 0 Å². The molecule has 0 bridgehead atoms. The Kier molecular flexibility index (Phi) is 5.74. The molecule has 0 saturated carbocycles. The Morgan fingerprint density at radius 2 is 2.03 bits per heavy atom. The molecule has 9 heteroatoms. The van der Waals surface area contributed by atoms with E-state index in [9.17, 15) is 13.2 Å². The molecule has 1 saturated heterocycles. The Labute approximate surface area is 181 Å². The summed E-state index contributed by atoms with van der Waals surface area (Å²) in [7, 11) is -3.31. The number of hydrogen-bond donors (Lipinski definition) is 0. The van der Waals surface area contributed by atoms with E-state index in [0.29, 0.717) is 29.4 Å². The van der Waals surface area contributed by atoms with Crippen LogP contribution in [0.15, 0.2) is 51.8 Å². The summed E-state index contributed by atoms with van der Waals surface area (Å²) >= 11 is 4.70. The topological polar surface area (TPSA) is 76.6 Å². The van der Waals surface area contributed by atoms with Gasteiger partial charge in [-0.2, -0.15) is 0 Å². The maximum atomic E-state index is 13.3. The van der Waals surface area contributed by atoms with Gasteiger partial charge in [-0.15, -0.1) is 0 Å². The minimum Gasteiger partial charge on any atom is -0.376 e. The molecule has 4 rings (SSSR count). The lowest BCUT2D eigenvalue weighted by Gasteiger charge is -2.23. The number of nitrogens with zero attached hydrogens (tertiary/aromatic N) is 2. The number of fused-ring (bicyclic) bond motifs is 1. The molecule has 0 N–H and O–H groups in total. The molecule has 152 valence electrons. The van der Waals surface area contributed by atoms with E-state index in [-0.39, 0.29) is 16.9 Å². The number of aromatic nitrogens is 1. The van der Waals surface area contributed by atoms with Crippen molar-refractivity contribution in [3.63, 3.8) is 0 Å². The summed E-state index contributed by atoms with van der Waals surface area (Å²) in [5.41, 5.74) is 1.22. The summed E-state index contributed by atoms with van der Waals surface area (Å²) in [6, 6.07) is 12.0. The maximum Gasteiger partial charge on any atom is 0.260 e. The van der Waals surface area contributed by atoms with Gasteiger partial charge in [0.05, 0.1) is 27.8 Å². The number of ether oxygens (including phenoxy) is 1. The number of anilines is 1. The molecule has 2 heterocycles. The normalized spacial score (nSPS) is 17.0. The third-order valence-electron chi connectivity index (χ3n) is 4.75. The van der Waals surface area contributed by atoms with Gasteiger partial charge in [0.15, 0.2) is 15.0 Å². The first-order chi connectivity index (χ1) is 13.8. The summed E-state index contributed by atoms with van der Waals surface area (Å²) in [5, 5.41) is 0.536. The zero-order chi connectivity index (χ0) is 20.6. The Bertz CT molecular complexity index is 1150. The first-order valence-corrected chi connectivity index (χ1v) is 12.6. The number of benzene rings is 2. The quantitative estimate of drug-likeness (QED) is 0.528. The third-order valence-corrected chi connectivity index (χ3v) is 7.43. The second kappa shape index (κ2) is 8.14. The minimum absolute atomic E-state index is 0.0343. The molecule has 0 aliphatic carbocycles. The Hall–Kier alpha value is -1.81. The van der Waals surface area contributed by atoms with Crippen molar-refractivity contribution in [1.29, 1.82) is 0 Å². The van der Waals surface area contributed by atoms with E-state index in [1.54, 1.807) is 35.2 Å². The van der Waals surface area contributed by atoms with Crippen LogP contribution in [0.25, 0.3) is 10.2 Å². The lowest BCUT2D eigenvalue weighted by Crippen LogP contribution is -2.37. The molecule has 29 heavy (non-hydrogen) atoms. The van der Waals surface area contributed by atoms with E-state index in [0.717, 1.165) is 22.0 Å². The van der Waals surface area contributed by atoms with E-state index in [4.69, 9.17) is 4.74 Å². The van der Waals surface area contributed by atoms with Crippen LogP contribution in [0.2, 0.25) is 0 Å². The van der Waals surface area contributed by atoms with Gasteiger partial charge >= 0.3 is 0 Å². The number of rotatable bonds is 5. The summed E-state index contributed by atoms with van der Waals surface area (Å²) in [4.78, 5) is 19.8. The van der Waals surface area contributed by atoms with E-state index in [1.165, 1.54) is 17.6 Å². The Morgan fingerprint density at radius 1 is 1.28 bits per heavy atom. The van der Waals surface area contributed by atoms with Crippen LogP contribution in [-0.2, 0) is 14.6 Å². The number of carbonyl (C=O) groups is 1. The maximum absolute atomic E-state index is 13.3. The highest BCUT2D eigenvalue weighted by molar-refractivity contribution is 9.10. The lowest BCUT2D eigenvalue weighted by atomic mass is 10.2. The van der Waals surface area contributed by atoms with Gasteiger partial charge in [-0.3, -0.25) is 9.69 Å². The molecular formula is C20H19BrN2O4S2. The largest absolute Gasteiger partial charge is 0.376 e. The predicted molar refractivity (Wildman–Crippen MR) is 118 cm³/mol. The number of sulfone groups is 1. The van der Waals surface area contributed by atoms with Crippen molar-refractivity contribution in [2.45, 2.75) is 23.8 Å². The first-order valence-electron chi connectivity index (χ1n) is 9.11. The van der Waals surface area contributed by atoms with Crippen molar-refractivity contribution in [2.75, 3.05) is 24.3 Å². The zero-order valence-electron chi connectivity index (χ0n) is 15.7. The van der Waals surface area contributed by atoms with Crippen LogP contribution in [0.3, 0.4) is 0 Å². The van der Waals surface area contributed by atoms with E-state index in [2.05, 4.69) is 20.9 Å². The molecule has 1 atom stereocenters. The van der Waals surface area contributed by atoms with Crippen LogP contribution in [0.4, 0.5) is 5.13 Å². The van der Waals surface area contributed by atoms with Crippen LogP contribution in [0.5, 0.6) is 0 Å². The van der Waals surface area contributed by atoms with Gasteiger partial charge in [-0.05, 0) is 55.3 Å². The molecule has 2 aromatic carbocycles. The monoisotopic (exact) mass is 494 g/mol. The van der Waals surface area contributed by atoms with Gasteiger partial charge in [0.1, 0.15) is 0 Å². The van der Waals surface area contributed by atoms with Crippen molar-refractivity contribution in [3.8, 4) is 0 Å². The second-order valence-corrected chi connectivity index (χ2v) is 10.9. The number of hydrogen-bond acceptors (Lipinski definition) is 6. The smallest absolute Gasteiger partial charge is 0.260 e. The molecule has 0 radical (unpaired) electrons. The average Bonchev–Trinajstić information content (AvgIpc) is 3.34. The van der Waals surface area contributed by atoms with Crippen LogP contribution in [-0.4, -0.2) is 44.8 Å². The van der Waals surface area contributed by atoms with Gasteiger partial charge < -0.3 is 4.74 Å². The molecular weight excluding hydrogens is 476 g/mol. The van der Waals surface area contributed by atoms with Crippen LogP contribution in [0, 0.1) is 0 Å². The van der Waals surface area contributed by atoms with E-state index in [1.807, 2.05) is 12.1 Å². The molecule has 1 unspecified atom stereocenters. The molecule has 1 fully saturated rings. The fourth-order valence-corrected chi connectivity index (χ4v) is 5.23. The van der Waals surface area contributed by atoms with Gasteiger partial charge in [0, 0.05) is 22.9 Å². The standard InChI is InChI=1S/C20H19BrN2O4S2/c1-29(25,26)16-8-9-17-18(11-16)28-20(22-17)23(12-15-3-2-10-27-15)19(24)13-4-6-14(21)7-5-13/h4-9,11,15H,2-3,10,12H2,1H3. The number of amides is 1. The van der Waals surface area contributed by atoms with Crippen molar-refractivity contribution in [3.05, 3.63) is 52.5 Å². The summed E-state index contributed by atoms with van der Waals surface area (Å²) in [6.07, 6.45) is 3.01. The van der Waals surface area contributed by atoms with Crippen molar-refractivity contribution < 1.29 is 17.9 Å². The van der Waals surface area contributed by atoms with Crippen molar-refractivity contribution in [1.82, 2.24) is 4.98 Å². The van der Waals surface area contributed by atoms with E-state index < -0.39 is 9.84 Å². The van der Waals surface area contributed by atoms with Crippen molar-refractivity contribution >= 4 is 58.4 Å². The summed E-state index contributed by atoms with van der Waals surface area (Å²) in [6.45, 7) is 1.11. The molecule has 1 aliphatic rings. The molecule has 1 aromatic heterocycles. The fraction of sp³-hybridized carbons (Fsp3) is 0.300.